The van der Waals surface area contributed by atoms with E-state index in [1.54, 1.807) is 18.3 Å². The van der Waals surface area contributed by atoms with Crippen molar-refractivity contribution in [2.45, 2.75) is 19.9 Å². The van der Waals surface area contributed by atoms with Gasteiger partial charge in [0.25, 0.3) is 0 Å². The molecule has 122 valence electrons. The number of benzene rings is 1. The van der Waals surface area contributed by atoms with Crippen LogP contribution in [-0.4, -0.2) is 47.4 Å². The highest BCUT2D eigenvalue weighted by Crippen LogP contribution is 2.33. The van der Waals surface area contributed by atoms with Gasteiger partial charge < -0.3 is 19.5 Å². The number of amides is 1. The molecule has 1 aromatic carbocycles. The second kappa shape index (κ2) is 6.83. The smallest absolute Gasteiger partial charge is 0.303 e. The molecule has 0 saturated heterocycles. The van der Waals surface area contributed by atoms with E-state index < -0.39 is 0 Å². The highest BCUT2D eigenvalue weighted by Gasteiger charge is 2.23. The standard InChI is InChI=1S/C17H22N4O2/c1-3-21(17(22)11-23-2)15-5-4-13-6-7-20(16(13)8-15)10-14-9-18-12-19-14/h4-5,8-9,12H,3,6-7,10-11H2,1-2H3,(H,18,19)/p+1. The Morgan fingerprint density at radius 3 is 3.04 bits per heavy atom. The third-order valence-electron chi connectivity index (χ3n) is 4.20. The monoisotopic (exact) mass is 315 g/mol. The van der Waals surface area contributed by atoms with Crippen LogP contribution in [0.1, 0.15) is 18.2 Å². The van der Waals surface area contributed by atoms with Gasteiger partial charge in [-0.3, -0.25) is 4.79 Å². The molecule has 1 amide bonds. The minimum absolute atomic E-state index is 0.0352. The Morgan fingerprint density at radius 2 is 2.35 bits per heavy atom. The summed E-state index contributed by atoms with van der Waals surface area (Å²) in [6.45, 7) is 4.66. The molecule has 23 heavy (non-hydrogen) atoms. The van der Waals surface area contributed by atoms with E-state index in [9.17, 15) is 4.79 Å². The summed E-state index contributed by atoms with van der Waals surface area (Å²) in [5, 5.41) is 0. The molecule has 0 bridgehead atoms. The average Bonchev–Trinajstić information content (AvgIpc) is 3.19. The van der Waals surface area contributed by atoms with Crippen LogP contribution in [0, 0.1) is 0 Å². The van der Waals surface area contributed by atoms with E-state index in [0.29, 0.717) is 6.54 Å². The Kier molecular flexibility index (Phi) is 4.62. The molecule has 0 aliphatic carbocycles. The third kappa shape index (κ3) is 3.22. The fourth-order valence-electron chi connectivity index (χ4n) is 3.07. The first-order valence-corrected chi connectivity index (χ1v) is 7.94. The summed E-state index contributed by atoms with van der Waals surface area (Å²) in [5.41, 5.74) is 4.57. The second-order valence-corrected chi connectivity index (χ2v) is 5.67. The van der Waals surface area contributed by atoms with E-state index in [1.807, 2.05) is 19.2 Å². The summed E-state index contributed by atoms with van der Waals surface area (Å²) in [6.07, 6.45) is 4.59. The number of nitrogens with zero attached hydrogens (tertiary/aromatic N) is 3. The van der Waals surface area contributed by atoms with Gasteiger partial charge in [0.15, 0.2) is 0 Å². The first-order valence-electron chi connectivity index (χ1n) is 7.94. The molecule has 2 aromatic rings. The van der Waals surface area contributed by atoms with Gasteiger partial charge in [-0.1, -0.05) is 6.07 Å². The molecule has 6 nitrogen and oxygen atoms in total. The van der Waals surface area contributed by atoms with Crippen LogP contribution in [0.3, 0.4) is 0 Å². The summed E-state index contributed by atoms with van der Waals surface area (Å²) in [6, 6.07) is 6.29. The van der Waals surface area contributed by atoms with Gasteiger partial charge in [0.05, 0.1) is 18.6 Å². The molecule has 0 unspecified atom stereocenters. The highest BCUT2D eigenvalue weighted by atomic mass is 16.5. The van der Waals surface area contributed by atoms with Crippen molar-refractivity contribution < 1.29 is 9.53 Å². The van der Waals surface area contributed by atoms with Gasteiger partial charge in [-0.05, 0) is 31.0 Å². The number of rotatable bonds is 6. The van der Waals surface area contributed by atoms with Crippen LogP contribution in [0.5, 0.6) is 0 Å². The van der Waals surface area contributed by atoms with Crippen LogP contribution in [-0.2, 0) is 17.8 Å². The van der Waals surface area contributed by atoms with Crippen molar-refractivity contribution in [1.29, 1.82) is 0 Å². The minimum Gasteiger partial charge on any atom is -0.429 e. The van der Waals surface area contributed by atoms with Gasteiger partial charge >= 0.3 is 5.91 Å². The number of hydrogen-bond acceptors (Lipinski definition) is 3. The molecule has 1 aliphatic rings. The van der Waals surface area contributed by atoms with Crippen molar-refractivity contribution in [3.63, 3.8) is 0 Å². The van der Waals surface area contributed by atoms with Crippen molar-refractivity contribution in [2.24, 2.45) is 0 Å². The van der Waals surface area contributed by atoms with Crippen molar-refractivity contribution in [3.05, 3.63) is 42.0 Å². The van der Waals surface area contributed by atoms with Crippen LogP contribution in [0.4, 0.5) is 11.4 Å². The zero-order valence-electron chi connectivity index (χ0n) is 13.6. The van der Waals surface area contributed by atoms with Crippen LogP contribution in [0.15, 0.2) is 30.7 Å². The fraction of sp³-hybridized carbons (Fsp3) is 0.412. The summed E-state index contributed by atoms with van der Waals surface area (Å²) < 4.78 is 3.95. The number of carbonyl (C=O) groups excluding carboxylic acids is 1. The third-order valence-corrected chi connectivity index (χ3v) is 4.20. The molecule has 0 saturated carbocycles. The van der Waals surface area contributed by atoms with Gasteiger partial charge in [0.2, 0.25) is 6.61 Å². The summed E-state index contributed by atoms with van der Waals surface area (Å²) in [7, 11) is 1.67. The molecule has 6 heteroatoms. The van der Waals surface area contributed by atoms with Crippen molar-refractivity contribution >= 4 is 17.3 Å². The molecule has 3 rings (SSSR count). The SMILES string of the molecule is CCN(C(=O)C[OH+]C)c1ccc2c(c1)N(Cc1cnc[nH]1)CC2. The summed E-state index contributed by atoms with van der Waals surface area (Å²) >= 11 is 0. The molecule has 0 radical (unpaired) electrons. The van der Waals surface area contributed by atoms with Crippen molar-refractivity contribution in [3.8, 4) is 0 Å². The van der Waals surface area contributed by atoms with Crippen molar-refractivity contribution in [2.75, 3.05) is 36.6 Å². The lowest BCUT2D eigenvalue weighted by atomic mass is 10.1. The van der Waals surface area contributed by atoms with Gasteiger partial charge in [-0.15, -0.1) is 0 Å². The number of nitrogens with one attached hydrogen (secondary N) is 1. The van der Waals surface area contributed by atoms with Gasteiger partial charge in [-0.2, -0.15) is 0 Å². The second-order valence-electron chi connectivity index (χ2n) is 5.67. The predicted octanol–water partition coefficient (Wildman–Crippen LogP) is 1.48. The van der Waals surface area contributed by atoms with E-state index in [-0.39, 0.29) is 12.5 Å². The first-order chi connectivity index (χ1) is 11.2. The van der Waals surface area contributed by atoms with Gasteiger partial charge in [0.1, 0.15) is 7.11 Å². The quantitative estimate of drug-likeness (QED) is 0.821. The number of hydrogen-bond donors (Lipinski definition) is 1. The van der Waals surface area contributed by atoms with E-state index in [0.717, 1.165) is 30.9 Å². The van der Waals surface area contributed by atoms with E-state index in [2.05, 4.69) is 31.7 Å². The number of anilines is 2. The van der Waals surface area contributed by atoms with E-state index in [4.69, 9.17) is 0 Å². The number of fused-ring (bicyclic) bond motifs is 1. The average molecular weight is 315 g/mol. The fourth-order valence-corrected chi connectivity index (χ4v) is 3.07. The number of likely N-dealkylation sites (N-methyl/N-ethyl adjacent to an activating group) is 1. The Labute approximate surface area is 136 Å². The molecule has 1 aliphatic heterocycles. The molecule has 2 heterocycles. The largest absolute Gasteiger partial charge is 0.429 e. The molecular weight excluding hydrogens is 292 g/mol. The number of aromatic amines is 1. The lowest BCUT2D eigenvalue weighted by molar-refractivity contribution is -0.129. The Bertz CT molecular complexity index is 669. The van der Waals surface area contributed by atoms with Crippen LogP contribution < -0.4 is 9.80 Å². The molecular formula is C17H23N4O2+. The van der Waals surface area contributed by atoms with E-state index in [1.165, 1.54) is 11.3 Å². The normalized spacial score (nSPS) is 13.2. The minimum atomic E-state index is 0.0352. The van der Waals surface area contributed by atoms with E-state index >= 15 is 0 Å². The topological polar surface area (TPSA) is 65.0 Å². The molecule has 0 fully saturated rings. The summed E-state index contributed by atoms with van der Waals surface area (Å²) in [5.74, 6) is 0.0352. The number of carbonyl (C=O) groups is 1. The van der Waals surface area contributed by atoms with Gasteiger partial charge in [-0.25, -0.2) is 4.98 Å². The zero-order valence-corrected chi connectivity index (χ0v) is 13.6. The molecule has 1 aromatic heterocycles. The number of aromatic nitrogens is 2. The highest BCUT2D eigenvalue weighted by molar-refractivity contribution is 5.94. The Hall–Kier alpha value is -2.34. The summed E-state index contributed by atoms with van der Waals surface area (Å²) in [4.78, 5) is 23.6. The van der Waals surface area contributed by atoms with Crippen LogP contribution >= 0.6 is 0 Å². The maximum Gasteiger partial charge on any atom is 0.303 e. The first kappa shape index (κ1) is 15.6. The van der Waals surface area contributed by atoms with Crippen molar-refractivity contribution in [1.82, 2.24) is 9.97 Å². The Morgan fingerprint density at radius 1 is 1.48 bits per heavy atom. The number of ether oxygens (including phenoxy) is 1. The molecule has 0 spiro atoms. The van der Waals surface area contributed by atoms with Crippen LogP contribution in [0.2, 0.25) is 0 Å². The zero-order chi connectivity index (χ0) is 16.2. The number of H-pyrrole nitrogens is 1. The number of imidazole rings is 1. The lowest BCUT2D eigenvalue weighted by Gasteiger charge is -2.23. The maximum atomic E-state index is 12.2. The Balaban J connectivity index is 1.84. The predicted molar refractivity (Wildman–Crippen MR) is 90.8 cm³/mol. The lowest BCUT2D eigenvalue weighted by Crippen LogP contribution is -2.34. The maximum absolute atomic E-state index is 12.2. The van der Waals surface area contributed by atoms with Crippen LogP contribution in [0.25, 0.3) is 0 Å². The van der Waals surface area contributed by atoms with Gasteiger partial charge in [0, 0.05) is 30.7 Å². The molecule has 0 atom stereocenters. The molecule has 2 N–H and O–H groups in total. The number of aliphatic hydroxyl groups is 2.